The van der Waals surface area contributed by atoms with Crippen molar-refractivity contribution in [3.8, 4) is 11.5 Å². The van der Waals surface area contributed by atoms with E-state index in [2.05, 4.69) is 20.8 Å². The van der Waals surface area contributed by atoms with E-state index in [-0.39, 0.29) is 62.6 Å². The van der Waals surface area contributed by atoms with Crippen LogP contribution in [0, 0.1) is 23.5 Å². The van der Waals surface area contributed by atoms with Gasteiger partial charge in [0, 0.05) is 31.6 Å². The molecule has 1 heterocycles. The predicted molar refractivity (Wildman–Crippen MR) is 191 cm³/mol. The van der Waals surface area contributed by atoms with Gasteiger partial charge in [0.15, 0.2) is 6.10 Å². The Balaban J connectivity index is 1.19. The Morgan fingerprint density at radius 2 is 1.46 bits per heavy atom. The van der Waals surface area contributed by atoms with Crippen molar-refractivity contribution in [2.45, 2.75) is 82.9 Å². The van der Waals surface area contributed by atoms with Crippen LogP contribution in [-0.4, -0.2) is 80.3 Å². The molecule has 0 bridgehead atoms. The number of rotatable bonds is 13. The van der Waals surface area contributed by atoms with Crippen LogP contribution in [0.3, 0.4) is 0 Å². The number of ether oxygens (including phenoxy) is 4. The van der Waals surface area contributed by atoms with Gasteiger partial charge in [0.05, 0.1) is 18.0 Å². The SMILES string of the molecule is CCOC(=O)[C@H](Cc1ccc(OCCN(C(=O)OC(C)(C)C)C2[C@H]3CN(S(=O)(=O)c4cc(F)cc(F)c4)C[C@@H]23)cc1)Oc1ccc(C(C)(C)C)cc1. The summed E-state index contributed by atoms with van der Waals surface area (Å²) in [6.45, 7) is 14.2. The van der Waals surface area contributed by atoms with Crippen LogP contribution in [0.5, 0.6) is 11.5 Å². The summed E-state index contributed by atoms with van der Waals surface area (Å²) in [5.74, 6) is -1.61. The molecule has 3 aromatic rings. The molecule has 1 aliphatic heterocycles. The van der Waals surface area contributed by atoms with Gasteiger partial charge in [-0.25, -0.2) is 26.8 Å². The standard InChI is InChI=1S/C39H48F2N2O8S/c1-8-48-36(44)34(50-30-15-11-26(12-16-30)38(2,3)4)19-25-9-13-29(14-10-25)49-18-17-43(37(45)51-39(5,6)7)35-32-23-42(24-33(32)35)52(46,47)31-21-27(40)20-28(41)22-31/h9-16,20-22,32-35H,8,17-19,23-24H2,1-7H3/t32-,33+,34-,35?/m0/s1. The van der Waals surface area contributed by atoms with Crippen molar-refractivity contribution >= 4 is 22.1 Å². The number of nitrogens with zero attached hydrogens (tertiary/aromatic N) is 2. The Morgan fingerprint density at radius 1 is 0.885 bits per heavy atom. The van der Waals surface area contributed by atoms with Crippen molar-refractivity contribution in [1.82, 2.24) is 9.21 Å². The number of esters is 1. The summed E-state index contributed by atoms with van der Waals surface area (Å²) in [6.07, 6.45) is -1.11. The van der Waals surface area contributed by atoms with Gasteiger partial charge in [-0.05, 0) is 92.5 Å². The lowest BCUT2D eigenvalue weighted by atomic mass is 9.87. The summed E-state index contributed by atoms with van der Waals surface area (Å²) in [6, 6.07) is 16.9. The third-order valence-corrected chi connectivity index (χ3v) is 10.9. The molecule has 0 aromatic heterocycles. The van der Waals surface area contributed by atoms with E-state index in [0.717, 1.165) is 23.3 Å². The Labute approximate surface area is 305 Å². The summed E-state index contributed by atoms with van der Waals surface area (Å²) in [4.78, 5) is 27.3. The summed E-state index contributed by atoms with van der Waals surface area (Å²) in [5, 5.41) is 0. The van der Waals surface area contributed by atoms with Crippen LogP contribution >= 0.6 is 0 Å². The van der Waals surface area contributed by atoms with E-state index < -0.39 is 50.3 Å². The van der Waals surface area contributed by atoms with E-state index in [0.29, 0.717) is 17.6 Å². The topological polar surface area (TPSA) is 112 Å². The highest BCUT2D eigenvalue weighted by molar-refractivity contribution is 7.89. The number of fused-ring (bicyclic) bond motifs is 1. The summed E-state index contributed by atoms with van der Waals surface area (Å²) >= 11 is 0. The van der Waals surface area contributed by atoms with Crippen molar-refractivity contribution in [1.29, 1.82) is 0 Å². The molecule has 3 aromatic carbocycles. The minimum Gasteiger partial charge on any atom is -0.492 e. The first kappa shape index (κ1) is 39.0. The first-order valence-corrected chi connectivity index (χ1v) is 18.9. The molecule has 2 fully saturated rings. The second kappa shape index (κ2) is 15.4. The van der Waals surface area contributed by atoms with Gasteiger partial charge in [-0.1, -0.05) is 45.0 Å². The van der Waals surface area contributed by atoms with Crippen molar-refractivity contribution in [2.75, 3.05) is 32.8 Å². The van der Waals surface area contributed by atoms with Gasteiger partial charge < -0.3 is 23.8 Å². The molecule has 1 amide bonds. The van der Waals surface area contributed by atoms with Crippen LogP contribution in [0.1, 0.15) is 59.6 Å². The first-order valence-electron chi connectivity index (χ1n) is 17.5. The maximum atomic E-state index is 13.8. The molecular weight excluding hydrogens is 694 g/mol. The van der Waals surface area contributed by atoms with Gasteiger partial charge in [-0.3, -0.25) is 0 Å². The fraction of sp³-hybridized carbons (Fsp3) is 0.487. The average molecular weight is 743 g/mol. The molecule has 282 valence electrons. The third kappa shape index (κ3) is 9.60. The number of hydrogen-bond acceptors (Lipinski definition) is 8. The largest absolute Gasteiger partial charge is 0.492 e. The number of carbonyl (C=O) groups is 2. The molecule has 52 heavy (non-hydrogen) atoms. The van der Waals surface area contributed by atoms with E-state index in [4.69, 9.17) is 18.9 Å². The molecule has 4 atom stereocenters. The number of carbonyl (C=O) groups excluding carboxylic acids is 2. The molecule has 0 radical (unpaired) electrons. The maximum Gasteiger partial charge on any atom is 0.410 e. The third-order valence-electron chi connectivity index (χ3n) is 9.07. The van der Waals surface area contributed by atoms with Crippen LogP contribution < -0.4 is 9.47 Å². The van der Waals surface area contributed by atoms with Crippen molar-refractivity contribution in [2.24, 2.45) is 11.8 Å². The monoisotopic (exact) mass is 742 g/mol. The Bertz CT molecular complexity index is 1810. The number of hydrogen-bond donors (Lipinski definition) is 0. The van der Waals surface area contributed by atoms with Gasteiger partial charge in [-0.2, -0.15) is 4.31 Å². The molecule has 13 heteroatoms. The highest BCUT2D eigenvalue weighted by atomic mass is 32.2. The minimum absolute atomic E-state index is 0.0167. The molecule has 2 aliphatic rings. The molecule has 1 saturated carbocycles. The van der Waals surface area contributed by atoms with Gasteiger partial charge in [0.2, 0.25) is 10.0 Å². The highest BCUT2D eigenvalue weighted by Gasteiger charge is 2.61. The fourth-order valence-electron chi connectivity index (χ4n) is 6.43. The Morgan fingerprint density at radius 3 is 2.00 bits per heavy atom. The number of piperidine rings is 1. The summed E-state index contributed by atoms with van der Waals surface area (Å²) < 4.78 is 78.1. The zero-order chi connectivity index (χ0) is 38.0. The molecule has 10 nitrogen and oxygen atoms in total. The lowest BCUT2D eigenvalue weighted by Crippen LogP contribution is -2.44. The van der Waals surface area contributed by atoms with Crippen LogP contribution in [0.25, 0.3) is 0 Å². The molecule has 1 aliphatic carbocycles. The minimum atomic E-state index is -4.12. The zero-order valence-corrected chi connectivity index (χ0v) is 31.5. The molecule has 0 spiro atoms. The van der Waals surface area contributed by atoms with Crippen molar-refractivity contribution in [3.05, 3.63) is 89.5 Å². The lowest BCUT2D eigenvalue weighted by molar-refractivity contribution is -0.151. The maximum absolute atomic E-state index is 13.8. The van der Waals surface area contributed by atoms with E-state index in [1.54, 1.807) is 44.7 Å². The van der Waals surface area contributed by atoms with Gasteiger partial charge in [0.25, 0.3) is 0 Å². The van der Waals surface area contributed by atoms with E-state index in [9.17, 15) is 26.8 Å². The first-order chi connectivity index (χ1) is 24.4. The van der Waals surface area contributed by atoms with E-state index in [1.807, 2.05) is 36.4 Å². The summed E-state index contributed by atoms with van der Waals surface area (Å²) in [7, 11) is -4.12. The van der Waals surface area contributed by atoms with E-state index >= 15 is 0 Å². The molecule has 5 rings (SSSR count). The molecule has 1 unspecified atom stereocenters. The van der Waals surface area contributed by atoms with Crippen LogP contribution in [0.4, 0.5) is 13.6 Å². The fourth-order valence-corrected chi connectivity index (χ4v) is 7.99. The van der Waals surface area contributed by atoms with E-state index in [1.165, 1.54) is 4.31 Å². The Kier molecular flexibility index (Phi) is 11.5. The smallest absolute Gasteiger partial charge is 0.410 e. The Hall–Kier alpha value is -4.23. The van der Waals surface area contributed by atoms with Crippen LogP contribution in [0.15, 0.2) is 71.6 Å². The predicted octanol–water partition coefficient (Wildman–Crippen LogP) is 6.75. The highest BCUT2D eigenvalue weighted by Crippen LogP contribution is 2.50. The quantitative estimate of drug-likeness (QED) is 0.177. The average Bonchev–Trinajstić information content (AvgIpc) is 3.51. The van der Waals surface area contributed by atoms with Gasteiger partial charge >= 0.3 is 12.1 Å². The van der Waals surface area contributed by atoms with Crippen molar-refractivity contribution < 1.29 is 45.7 Å². The number of benzene rings is 3. The second-order valence-corrected chi connectivity index (χ2v) is 17.2. The van der Waals surface area contributed by atoms with Crippen LogP contribution in [-0.2, 0) is 36.1 Å². The molecule has 0 N–H and O–H groups in total. The zero-order valence-electron chi connectivity index (χ0n) is 30.7. The van der Waals surface area contributed by atoms with Crippen LogP contribution in [0.2, 0.25) is 0 Å². The number of amides is 1. The van der Waals surface area contributed by atoms with Crippen molar-refractivity contribution in [3.63, 3.8) is 0 Å². The van der Waals surface area contributed by atoms with Gasteiger partial charge in [-0.15, -0.1) is 0 Å². The lowest BCUT2D eigenvalue weighted by Gasteiger charge is -2.30. The number of halogens is 2. The normalized spacial score (nSPS) is 19.4. The second-order valence-electron chi connectivity index (χ2n) is 15.2. The molecule has 1 saturated heterocycles. The van der Waals surface area contributed by atoms with Gasteiger partial charge in [0.1, 0.15) is 35.3 Å². The number of sulfonamides is 1. The summed E-state index contributed by atoms with van der Waals surface area (Å²) in [5.41, 5.74) is 1.21. The molecular formula is C39H48F2N2O8S.